The van der Waals surface area contributed by atoms with Crippen LogP contribution in [0.25, 0.3) is 0 Å². The zero-order chi connectivity index (χ0) is 12.7. The van der Waals surface area contributed by atoms with Crippen LogP contribution in [0.2, 0.25) is 0 Å². The average molecular weight is 237 g/mol. The first-order chi connectivity index (χ1) is 8.11. The van der Waals surface area contributed by atoms with Crippen LogP contribution in [-0.2, 0) is 4.79 Å². The number of nitrogens with zero attached hydrogens (tertiary/aromatic N) is 2. The van der Waals surface area contributed by atoms with Crippen LogP contribution in [-0.4, -0.2) is 37.0 Å². The monoisotopic (exact) mass is 237 g/mol. The van der Waals surface area contributed by atoms with E-state index >= 15 is 0 Å². The van der Waals surface area contributed by atoms with Gasteiger partial charge in [-0.2, -0.15) is 5.26 Å². The molecule has 1 atom stereocenters. The molecule has 1 rings (SSSR count). The quantitative estimate of drug-likeness (QED) is 0.789. The Morgan fingerprint density at radius 1 is 1.47 bits per heavy atom. The van der Waals surface area contributed by atoms with Crippen LogP contribution < -0.4 is 5.32 Å². The van der Waals surface area contributed by atoms with E-state index in [-0.39, 0.29) is 11.8 Å². The Kier molecular flexibility index (Phi) is 5.99. The lowest BCUT2D eigenvalue weighted by Crippen LogP contribution is -2.42. The maximum atomic E-state index is 11.8. The first-order valence-electron chi connectivity index (χ1n) is 6.49. The molecular weight excluding hydrogens is 214 g/mol. The third kappa shape index (κ3) is 5.69. The molecule has 0 aromatic rings. The van der Waals surface area contributed by atoms with Gasteiger partial charge in [-0.25, -0.2) is 0 Å². The molecule has 0 saturated heterocycles. The number of hydrogen-bond donors (Lipinski definition) is 1. The summed E-state index contributed by atoms with van der Waals surface area (Å²) in [4.78, 5) is 13.7. The van der Waals surface area contributed by atoms with Crippen LogP contribution in [0.4, 0.5) is 0 Å². The van der Waals surface area contributed by atoms with E-state index in [4.69, 9.17) is 5.26 Å². The predicted octanol–water partition coefficient (Wildman–Crippen LogP) is 1.53. The number of carbonyl (C=O) groups is 1. The Morgan fingerprint density at radius 2 is 2.12 bits per heavy atom. The second kappa shape index (κ2) is 7.29. The van der Waals surface area contributed by atoms with Crippen LogP contribution in [0, 0.1) is 17.2 Å². The summed E-state index contributed by atoms with van der Waals surface area (Å²) in [7, 11) is 1.88. The minimum Gasteiger partial charge on any atom is -0.352 e. The molecule has 1 aliphatic carbocycles. The topological polar surface area (TPSA) is 56.1 Å². The van der Waals surface area contributed by atoms with Gasteiger partial charge in [0.1, 0.15) is 0 Å². The number of hydrogen-bond acceptors (Lipinski definition) is 3. The Morgan fingerprint density at radius 3 is 2.71 bits per heavy atom. The minimum absolute atomic E-state index is 0.0255. The van der Waals surface area contributed by atoms with Crippen molar-refractivity contribution in [3.05, 3.63) is 0 Å². The molecule has 4 nitrogen and oxygen atoms in total. The molecule has 4 heteroatoms. The molecule has 0 radical (unpaired) electrons. The van der Waals surface area contributed by atoms with Gasteiger partial charge in [0.05, 0.1) is 18.5 Å². The van der Waals surface area contributed by atoms with E-state index in [0.717, 1.165) is 12.8 Å². The maximum Gasteiger partial charge on any atom is 0.234 e. The van der Waals surface area contributed by atoms with E-state index in [1.54, 1.807) is 0 Å². The lowest BCUT2D eigenvalue weighted by molar-refractivity contribution is -0.122. The fourth-order valence-corrected chi connectivity index (χ4v) is 2.34. The van der Waals surface area contributed by atoms with Crippen molar-refractivity contribution < 1.29 is 4.79 Å². The van der Waals surface area contributed by atoms with E-state index in [1.807, 2.05) is 18.9 Å². The number of nitrogens with one attached hydrogen (secondary N) is 1. The Bertz CT molecular complexity index is 279. The Labute approximate surface area is 104 Å². The van der Waals surface area contributed by atoms with Crippen molar-refractivity contribution in [3.63, 3.8) is 0 Å². The molecule has 96 valence electrons. The van der Waals surface area contributed by atoms with Crippen LogP contribution in [0.3, 0.4) is 0 Å². The molecule has 1 unspecified atom stereocenters. The van der Waals surface area contributed by atoms with E-state index in [1.165, 1.54) is 19.3 Å². The normalized spacial score (nSPS) is 18.7. The van der Waals surface area contributed by atoms with Gasteiger partial charge in [-0.1, -0.05) is 19.3 Å². The van der Waals surface area contributed by atoms with Crippen molar-refractivity contribution in [2.45, 2.75) is 45.1 Å². The van der Waals surface area contributed by atoms with Crippen molar-refractivity contribution in [2.75, 3.05) is 20.1 Å². The van der Waals surface area contributed by atoms with Crippen LogP contribution in [0.15, 0.2) is 0 Å². The van der Waals surface area contributed by atoms with Crippen molar-refractivity contribution in [1.82, 2.24) is 10.2 Å². The van der Waals surface area contributed by atoms with Crippen LogP contribution >= 0.6 is 0 Å². The second-order valence-electron chi connectivity index (χ2n) is 5.13. The zero-order valence-electron chi connectivity index (χ0n) is 10.9. The molecule has 1 saturated carbocycles. The molecule has 17 heavy (non-hydrogen) atoms. The summed E-state index contributed by atoms with van der Waals surface area (Å²) in [5.74, 6) is 0.0621. The predicted molar refractivity (Wildman–Crippen MR) is 67.3 cm³/mol. The van der Waals surface area contributed by atoms with E-state index in [9.17, 15) is 4.79 Å². The number of amides is 1. The highest BCUT2D eigenvalue weighted by Crippen LogP contribution is 2.17. The van der Waals surface area contributed by atoms with Crippen LogP contribution in [0.1, 0.15) is 39.0 Å². The summed E-state index contributed by atoms with van der Waals surface area (Å²) in [6, 6.07) is 2.55. The summed E-state index contributed by atoms with van der Waals surface area (Å²) in [6.45, 7) is 2.91. The number of nitriles is 1. The van der Waals surface area contributed by atoms with Crippen LogP contribution in [0.5, 0.6) is 0 Å². The molecule has 1 N–H and O–H groups in total. The average Bonchev–Trinajstić information content (AvgIpc) is 2.29. The first kappa shape index (κ1) is 14.0. The maximum absolute atomic E-state index is 11.8. The summed E-state index contributed by atoms with van der Waals surface area (Å²) in [5.41, 5.74) is 0. The molecule has 0 bridgehead atoms. The van der Waals surface area contributed by atoms with Gasteiger partial charge in [-0.15, -0.1) is 0 Å². The SMILES string of the molecule is CC(C#N)CN(C)CC(=O)NC1CCCCC1. The number of likely N-dealkylation sites (N-methyl/N-ethyl adjacent to an activating group) is 1. The fraction of sp³-hybridized carbons (Fsp3) is 0.846. The van der Waals surface area contributed by atoms with Gasteiger partial charge in [0.25, 0.3) is 0 Å². The van der Waals surface area contributed by atoms with Crippen molar-refractivity contribution in [3.8, 4) is 6.07 Å². The van der Waals surface area contributed by atoms with Gasteiger partial charge in [0.15, 0.2) is 0 Å². The highest BCUT2D eigenvalue weighted by molar-refractivity contribution is 5.78. The zero-order valence-corrected chi connectivity index (χ0v) is 10.9. The van der Waals surface area contributed by atoms with Gasteiger partial charge in [-0.05, 0) is 26.8 Å². The van der Waals surface area contributed by atoms with E-state index in [0.29, 0.717) is 19.1 Å². The Hall–Kier alpha value is -1.08. The molecule has 0 aromatic carbocycles. The van der Waals surface area contributed by atoms with Gasteiger partial charge < -0.3 is 5.32 Å². The standard InChI is InChI=1S/C13H23N3O/c1-11(8-14)9-16(2)10-13(17)15-12-6-4-3-5-7-12/h11-12H,3-7,9-10H2,1-2H3,(H,15,17). The summed E-state index contributed by atoms with van der Waals surface area (Å²) in [6.07, 6.45) is 5.98. The summed E-state index contributed by atoms with van der Waals surface area (Å²) >= 11 is 0. The molecule has 1 fully saturated rings. The fourth-order valence-electron chi connectivity index (χ4n) is 2.34. The third-order valence-corrected chi connectivity index (χ3v) is 3.19. The van der Waals surface area contributed by atoms with E-state index in [2.05, 4.69) is 11.4 Å². The highest BCUT2D eigenvalue weighted by atomic mass is 16.2. The van der Waals surface area contributed by atoms with Crippen molar-refractivity contribution in [1.29, 1.82) is 5.26 Å². The first-order valence-corrected chi connectivity index (χ1v) is 6.49. The number of carbonyl (C=O) groups excluding carboxylic acids is 1. The van der Waals surface area contributed by atoms with Gasteiger partial charge in [0.2, 0.25) is 5.91 Å². The van der Waals surface area contributed by atoms with Gasteiger partial charge in [-0.3, -0.25) is 9.69 Å². The van der Waals surface area contributed by atoms with E-state index < -0.39 is 0 Å². The van der Waals surface area contributed by atoms with Gasteiger partial charge in [0, 0.05) is 12.6 Å². The smallest absolute Gasteiger partial charge is 0.234 e. The molecular formula is C13H23N3O. The minimum atomic E-state index is -0.0255. The highest BCUT2D eigenvalue weighted by Gasteiger charge is 2.16. The third-order valence-electron chi connectivity index (χ3n) is 3.19. The largest absolute Gasteiger partial charge is 0.352 e. The number of rotatable bonds is 5. The lowest BCUT2D eigenvalue weighted by atomic mass is 9.95. The molecule has 0 aromatic heterocycles. The summed E-state index contributed by atoms with van der Waals surface area (Å²) in [5, 5.41) is 11.8. The van der Waals surface area contributed by atoms with Crippen molar-refractivity contribution in [2.24, 2.45) is 5.92 Å². The summed E-state index contributed by atoms with van der Waals surface area (Å²) < 4.78 is 0. The molecule has 0 heterocycles. The van der Waals surface area contributed by atoms with Gasteiger partial charge >= 0.3 is 0 Å². The molecule has 1 aliphatic rings. The lowest BCUT2D eigenvalue weighted by Gasteiger charge is -2.24. The molecule has 0 aliphatic heterocycles. The Balaban J connectivity index is 2.21. The molecule has 1 amide bonds. The second-order valence-corrected chi connectivity index (χ2v) is 5.13. The van der Waals surface area contributed by atoms with Crippen molar-refractivity contribution >= 4 is 5.91 Å². The molecule has 0 spiro atoms.